The second-order valence-electron chi connectivity index (χ2n) is 8.71. The largest absolute Gasteiger partial charge is 0.493 e. The van der Waals surface area contributed by atoms with Crippen LogP contribution < -0.4 is 9.47 Å². The highest BCUT2D eigenvalue weighted by Crippen LogP contribution is 2.44. The summed E-state index contributed by atoms with van der Waals surface area (Å²) < 4.78 is 45.1. The summed E-state index contributed by atoms with van der Waals surface area (Å²) in [6, 6.07) is 1.65. The lowest BCUT2D eigenvalue weighted by atomic mass is 9.84. The summed E-state index contributed by atoms with van der Waals surface area (Å²) in [7, 11) is 1.44. The van der Waals surface area contributed by atoms with E-state index in [2.05, 4.69) is 4.90 Å². The summed E-state index contributed by atoms with van der Waals surface area (Å²) in [6.07, 6.45) is -1.15. The maximum atomic E-state index is 15.2. The van der Waals surface area contributed by atoms with Crippen LogP contribution in [-0.2, 0) is 11.2 Å². The zero-order chi connectivity index (χ0) is 20.6. The van der Waals surface area contributed by atoms with Crippen molar-refractivity contribution in [3.63, 3.8) is 0 Å². The van der Waals surface area contributed by atoms with Crippen molar-refractivity contribution in [2.24, 2.45) is 0 Å². The molecule has 0 aromatic heterocycles. The average molecular weight is 399 g/mol. The van der Waals surface area contributed by atoms with Gasteiger partial charge in [0.15, 0.2) is 17.3 Å². The molecule has 2 aliphatic heterocycles. The summed E-state index contributed by atoms with van der Waals surface area (Å²) in [4.78, 5) is 2.23. The summed E-state index contributed by atoms with van der Waals surface area (Å²) in [6.45, 7) is 8.29. The quantitative estimate of drug-likeness (QED) is 0.822. The molecule has 1 aromatic carbocycles. The Morgan fingerprint density at radius 1 is 1.36 bits per heavy atom. The van der Waals surface area contributed by atoms with Crippen molar-refractivity contribution < 1.29 is 28.1 Å². The molecule has 28 heavy (non-hydrogen) atoms. The highest BCUT2D eigenvalue weighted by molar-refractivity contribution is 5.51. The summed E-state index contributed by atoms with van der Waals surface area (Å²) in [5, 5.41) is 10.6. The molecule has 158 valence electrons. The Morgan fingerprint density at radius 3 is 2.68 bits per heavy atom. The van der Waals surface area contributed by atoms with E-state index >= 15 is 4.39 Å². The average Bonchev–Trinajstić information content (AvgIpc) is 2.60. The van der Waals surface area contributed by atoms with E-state index in [0.717, 1.165) is 5.56 Å². The predicted octanol–water partition coefficient (Wildman–Crippen LogP) is 3.42. The molecular weight excluding hydrogens is 368 g/mol. The number of ether oxygens (including phenoxy) is 3. The van der Waals surface area contributed by atoms with E-state index in [1.165, 1.54) is 14.0 Å². The zero-order valence-corrected chi connectivity index (χ0v) is 17.3. The minimum absolute atomic E-state index is 0.0375. The van der Waals surface area contributed by atoms with Gasteiger partial charge < -0.3 is 19.3 Å². The van der Waals surface area contributed by atoms with Crippen molar-refractivity contribution in [1.29, 1.82) is 0 Å². The van der Waals surface area contributed by atoms with Gasteiger partial charge in [-0.2, -0.15) is 0 Å². The van der Waals surface area contributed by atoms with Gasteiger partial charge in [-0.1, -0.05) is 0 Å². The lowest BCUT2D eigenvalue weighted by Crippen LogP contribution is -2.53. The molecule has 1 saturated heterocycles. The van der Waals surface area contributed by atoms with Crippen LogP contribution in [0.15, 0.2) is 6.07 Å². The fourth-order valence-corrected chi connectivity index (χ4v) is 4.11. The topological polar surface area (TPSA) is 51.2 Å². The molecule has 7 heteroatoms. The molecule has 3 rings (SSSR count). The molecule has 1 fully saturated rings. The van der Waals surface area contributed by atoms with E-state index in [4.69, 9.17) is 14.2 Å². The number of piperidine rings is 1. The Kier molecular flexibility index (Phi) is 6.17. The lowest BCUT2D eigenvalue weighted by Gasteiger charge is -2.46. The van der Waals surface area contributed by atoms with Crippen LogP contribution in [0.2, 0.25) is 0 Å². The first-order valence-corrected chi connectivity index (χ1v) is 9.86. The minimum atomic E-state index is -1.20. The summed E-state index contributed by atoms with van der Waals surface area (Å²) in [5.74, 6) is -0.275. The van der Waals surface area contributed by atoms with E-state index in [9.17, 15) is 9.50 Å². The monoisotopic (exact) mass is 399 g/mol. The van der Waals surface area contributed by atoms with Crippen LogP contribution in [0, 0.1) is 5.82 Å². The highest BCUT2D eigenvalue weighted by Gasteiger charge is 2.41. The van der Waals surface area contributed by atoms with Gasteiger partial charge in [0, 0.05) is 19.1 Å². The van der Waals surface area contributed by atoms with Crippen molar-refractivity contribution in [1.82, 2.24) is 4.90 Å². The van der Waals surface area contributed by atoms with E-state index in [1.807, 2.05) is 20.8 Å². The second-order valence-corrected chi connectivity index (χ2v) is 8.71. The molecule has 2 aliphatic rings. The Hall–Kier alpha value is -1.44. The fourth-order valence-electron chi connectivity index (χ4n) is 4.11. The molecule has 1 aromatic rings. The number of halogens is 2. The number of hydrogen-bond acceptors (Lipinski definition) is 5. The molecule has 5 nitrogen and oxygen atoms in total. The summed E-state index contributed by atoms with van der Waals surface area (Å²) in [5.41, 5.74) is 1.02. The Morgan fingerprint density at radius 2 is 2.07 bits per heavy atom. The number of rotatable bonds is 5. The molecule has 4 atom stereocenters. The number of benzene rings is 1. The molecule has 0 saturated carbocycles. The Balaban J connectivity index is 1.89. The van der Waals surface area contributed by atoms with Gasteiger partial charge in [-0.15, -0.1) is 0 Å². The van der Waals surface area contributed by atoms with Crippen molar-refractivity contribution in [3.05, 3.63) is 23.0 Å². The van der Waals surface area contributed by atoms with Gasteiger partial charge in [0.25, 0.3) is 0 Å². The third kappa shape index (κ3) is 4.42. The number of alkyl halides is 1. The Bertz CT molecular complexity index is 705. The van der Waals surface area contributed by atoms with Gasteiger partial charge in [0.05, 0.1) is 24.9 Å². The molecule has 0 bridgehead atoms. The predicted molar refractivity (Wildman–Crippen MR) is 102 cm³/mol. The number of aliphatic hydroxyl groups is 1. The third-order valence-electron chi connectivity index (χ3n) is 5.26. The first-order valence-electron chi connectivity index (χ1n) is 9.86. The minimum Gasteiger partial charge on any atom is -0.493 e. The number of hydrogen-bond donors (Lipinski definition) is 1. The van der Waals surface area contributed by atoms with E-state index < -0.39 is 18.1 Å². The smallest absolute Gasteiger partial charge is 0.197 e. The molecule has 0 spiro atoms. The summed E-state index contributed by atoms with van der Waals surface area (Å²) >= 11 is 0. The molecular formula is C21H31F2NO4. The Labute approximate surface area is 165 Å². The number of methoxy groups -OCH3 is 1. The highest BCUT2D eigenvalue weighted by atomic mass is 19.1. The molecule has 0 radical (unpaired) electrons. The maximum absolute atomic E-state index is 15.2. The van der Waals surface area contributed by atoms with Gasteiger partial charge in [0.1, 0.15) is 12.8 Å². The van der Waals surface area contributed by atoms with Crippen molar-refractivity contribution in [3.8, 4) is 11.5 Å². The van der Waals surface area contributed by atoms with Crippen LogP contribution in [0.25, 0.3) is 0 Å². The first kappa shape index (κ1) is 21.3. The van der Waals surface area contributed by atoms with E-state index in [-0.39, 0.29) is 35.9 Å². The van der Waals surface area contributed by atoms with Crippen LogP contribution in [0.1, 0.15) is 51.3 Å². The van der Waals surface area contributed by atoms with Crippen LogP contribution >= 0.6 is 0 Å². The van der Waals surface area contributed by atoms with Crippen molar-refractivity contribution >= 4 is 0 Å². The van der Waals surface area contributed by atoms with Gasteiger partial charge in [-0.25, -0.2) is 8.78 Å². The maximum Gasteiger partial charge on any atom is 0.197 e. The van der Waals surface area contributed by atoms with Crippen LogP contribution in [0.3, 0.4) is 0 Å². The second kappa shape index (κ2) is 8.13. The van der Waals surface area contributed by atoms with E-state index in [1.54, 1.807) is 6.07 Å². The number of aliphatic hydroxyl groups excluding tert-OH is 1. The van der Waals surface area contributed by atoms with Crippen molar-refractivity contribution in [2.45, 2.75) is 70.6 Å². The molecule has 0 unspecified atom stereocenters. The van der Waals surface area contributed by atoms with E-state index in [0.29, 0.717) is 31.5 Å². The van der Waals surface area contributed by atoms with Gasteiger partial charge >= 0.3 is 0 Å². The van der Waals surface area contributed by atoms with Crippen LogP contribution in [-0.4, -0.2) is 60.8 Å². The SMILES string of the molecule is COc1cc2c(c(F)c1OC[C@H](C)F)CCN1C[C@@H](OC(C)(C)C)[C@H](O)C[C@H]21. The standard InChI is InChI=1S/C21H31F2NO4/c1-12(22)11-27-20-17(26-5)8-14-13(19(20)23)6-7-24-10-18(28-21(2,3)4)16(25)9-15(14)24/h8,12,15-16,18,25H,6-7,9-11H2,1-5H3/t12-,15+,16+,18+/m0/s1. The normalized spacial score (nSPS) is 26.4. The molecule has 0 aliphatic carbocycles. The van der Waals surface area contributed by atoms with Gasteiger partial charge in [-0.3, -0.25) is 4.90 Å². The zero-order valence-electron chi connectivity index (χ0n) is 17.3. The fraction of sp³-hybridized carbons (Fsp3) is 0.714. The van der Waals surface area contributed by atoms with Gasteiger partial charge in [0.2, 0.25) is 0 Å². The number of nitrogens with zero attached hydrogens (tertiary/aromatic N) is 1. The third-order valence-corrected chi connectivity index (χ3v) is 5.26. The molecule has 0 amide bonds. The lowest BCUT2D eigenvalue weighted by molar-refractivity contribution is -0.149. The van der Waals surface area contributed by atoms with Gasteiger partial charge in [-0.05, 0) is 57.7 Å². The first-order chi connectivity index (χ1) is 13.1. The van der Waals surface area contributed by atoms with Crippen LogP contribution in [0.4, 0.5) is 8.78 Å². The number of fused-ring (bicyclic) bond motifs is 3. The van der Waals surface area contributed by atoms with Crippen LogP contribution in [0.5, 0.6) is 11.5 Å². The van der Waals surface area contributed by atoms with Crippen molar-refractivity contribution in [2.75, 3.05) is 26.8 Å². The molecule has 1 N–H and O–H groups in total. The molecule has 2 heterocycles.